The van der Waals surface area contributed by atoms with Gasteiger partial charge in [-0.15, -0.1) is 0 Å². The number of methoxy groups -OCH3 is 1. The second-order valence-corrected chi connectivity index (χ2v) is 5.12. The second-order valence-electron chi connectivity index (χ2n) is 5.12. The average molecular weight is 242 g/mol. The van der Waals surface area contributed by atoms with E-state index >= 15 is 0 Å². The summed E-state index contributed by atoms with van der Waals surface area (Å²) >= 11 is 0. The van der Waals surface area contributed by atoms with Gasteiger partial charge in [0.05, 0.1) is 6.07 Å². The first-order chi connectivity index (χ1) is 7.80. The molecule has 0 amide bonds. The first kappa shape index (κ1) is 12.7. The lowest BCUT2D eigenvalue weighted by molar-refractivity contribution is -0.231. The van der Waals surface area contributed by atoms with Crippen LogP contribution in [0.15, 0.2) is 0 Å². The summed E-state index contributed by atoms with van der Waals surface area (Å²) in [4.78, 5) is 0. The smallest absolute Gasteiger partial charge is 0.186 e. The molecule has 17 heavy (non-hydrogen) atoms. The maximum absolute atomic E-state index is 9.07. The maximum Gasteiger partial charge on any atom is 0.186 e. The molecule has 0 saturated carbocycles. The summed E-state index contributed by atoms with van der Waals surface area (Å²) in [6.45, 7) is 5.24. The van der Waals surface area contributed by atoms with Gasteiger partial charge in [0.25, 0.3) is 0 Å². The predicted molar refractivity (Wildman–Crippen MR) is 57.7 cm³/mol. The van der Waals surface area contributed by atoms with Crippen molar-refractivity contribution in [3.05, 3.63) is 0 Å². The Balaban J connectivity index is 2.25. The predicted octanol–water partition coefficient (Wildman–Crippen LogP) is 0.119. The van der Waals surface area contributed by atoms with Crippen LogP contribution < -0.4 is 5.73 Å². The zero-order valence-electron chi connectivity index (χ0n) is 10.5. The maximum atomic E-state index is 9.07. The lowest BCUT2D eigenvalue weighted by Crippen LogP contribution is -2.52. The molecule has 2 N–H and O–H groups in total. The van der Waals surface area contributed by atoms with E-state index < -0.39 is 23.7 Å². The van der Waals surface area contributed by atoms with Crippen molar-refractivity contribution in [3.63, 3.8) is 0 Å². The Morgan fingerprint density at radius 1 is 1.35 bits per heavy atom. The molecular weight excluding hydrogens is 224 g/mol. The number of nitrogens with zero attached hydrogens (tertiary/aromatic N) is 1. The summed E-state index contributed by atoms with van der Waals surface area (Å²) in [5.41, 5.74) is 4.77. The second kappa shape index (κ2) is 3.90. The zero-order valence-corrected chi connectivity index (χ0v) is 10.5. The molecule has 2 aliphatic rings. The van der Waals surface area contributed by atoms with Crippen molar-refractivity contribution in [1.82, 2.24) is 0 Å². The van der Waals surface area contributed by atoms with Gasteiger partial charge < -0.3 is 24.7 Å². The standard InChI is InChI=1S/C11H18N2O4/c1-10(2)16-6-7(17-10)9(14-4)15-8(6)11(3,13)5-12/h6-9H,13H2,1-4H3/t6-,7+,8+,9+,11-/m1/s1. The molecule has 6 nitrogen and oxygen atoms in total. The van der Waals surface area contributed by atoms with Gasteiger partial charge in [-0.25, -0.2) is 0 Å². The molecule has 0 aromatic rings. The highest BCUT2D eigenvalue weighted by atomic mass is 16.8. The third-order valence-corrected chi connectivity index (χ3v) is 3.08. The minimum Gasteiger partial charge on any atom is -0.353 e. The van der Waals surface area contributed by atoms with Crippen molar-refractivity contribution in [2.45, 2.75) is 56.7 Å². The van der Waals surface area contributed by atoms with Crippen LogP contribution >= 0.6 is 0 Å². The van der Waals surface area contributed by atoms with E-state index in [4.69, 9.17) is 29.9 Å². The Labute approximate surface area is 101 Å². The summed E-state index contributed by atoms with van der Waals surface area (Å²) in [6, 6.07) is 2.03. The molecule has 0 aliphatic carbocycles. The number of nitriles is 1. The SMILES string of the molecule is CO[C@H]1O[C@H]([C@](C)(N)C#N)[C@@H]2OC(C)(C)O[C@H]12. The van der Waals surface area contributed by atoms with Crippen LogP contribution in [0.1, 0.15) is 20.8 Å². The highest BCUT2D eigenvalue weighted by molar-refractivity contribution is 5.14. The van der Waals surface area contributed by atoms with Gasteiger partial charge in [-0.2, -0.15) is 5.26 Å². The highest BCUT2D eigenvalue weighted by Crippen LogP contribution is 2.41. The Morgan fingerprint density at radius 2 is 1.94 bits per heavy atom. The summed E-state index contributed by atoms with van der Waals surface area (Å²) < 4.78 is 22.3. The summed E-state index contributed by atoms with van der Waals surface area (Å²) in [7, 11) is 1.53. The van der Waals surface area contributed by atoms with Gasteiger partial charge in [0.2, 0.25) is 0 Å². The summed E-state index contributed by atoms with van der Waals surface area (Å²) in [5, 5.41) is 9.07. The van der Waals surface area contributed by atoms with Crippen LogP contribution in [-0.2, 0) is 18.9 Å². The van der Waals surface area contributed by atoms with E-state index in [0.29, 0.717) is 0 Å². The summed E-state index contributed by atoms with van der Waals surface area (Å²) in [6.07, 6.45) is -1.85. The molecule has 0 radical (unpaired) electrons. The topological polar surface area (TPSA) is 86.7 Å². The quantitative estimate of drug-likeness (QED) is 0.740. The molecule has 2 aliphatic heterocycles. The molecule has 0 aromatic carbocycles. The third-order valence-electron chi connectivity index (χ3n) is 3.08. The fourth-order valence-corrected chi connectivity index (χ4v) is 2.30. The minimum atomic E-state index is -1.14. The van der Waals surface area contributed by atoms with Crippen molar-refractivity contribution >= 4 is 0 Å². The Morgan fingerprint density at radius 3 is 2.47 bits per heavy atom. The first-order valence-electron chi connectivity index (χ1n) is 5.55. The van der Waals surface area contributed by atoms with E-state index in [1.165, 1.54) is 7.11 Å². The molecule has 0 spiro atoms. The van der Waals surface area contributed by atoms with Crippen molar-refractivity contribution in [1.29, 1.82) is 5.26 Å². The van der Waals surface area contributed by atoms with Crippen LogP contribution in [0, 0.1) is 11.3 Å². The van der Waals surface area contributed by atoms with Crippen LogP contribution in [0.25, 0.3) is 0 Å². The summed E-state index contributed by atoms with van der Waals surface area (Å²) in [5.74, 6) is -0.709. The number of ether oxygens (including phenoxy) is 4. The number of hydrogen-bond donors (Lipinski definition) is 1. The van der Waals surface area contributed by atoms with Gasteiger partial charge >= 0.3 is 0 Å². The van der Waals surface area contributed by atoms with E-state index in [9.17, 15) is 0 Å². The van der Waals surface area contributed by atoms with Crippen LogP contribution in [0.3, 0.4) is 0 Å². The van der Waals surface area contributed by atoms with E-state index in [1.54, 1.807) is 6.92 Å². The molecule has 2 fully saturated rings. The lowest BCUT2D eigenvalue weighted by Gasteiger charge is -2.29. The van der Waals surface area contributed by atoms with E-state index in [2.05, 4.69) is 0 Å². The normalized spacial score (nSPS) is 42.8. The van der Waals surface area contributed by atoms with Crippen LogP contribution in [0.4, 0.5) is 0 Å². The number of hydrogen-bond acceptors (Lipinski definition) is 6. The minimum absolute atomic E-state index is 0.351. The average Bonchev–Trinajstić information content (AvgIpc) is 2.70. The molecular formula is C11H18N2O4. The fourth-order valence-electron chi connectivity index (χ4n) is 2.30. The molecule has 96 valence electrons. The molecule has 2 saturated heterocycles. The van der Waals surface area contributed by atoms with Crippen LogP contribution in [0.5, 0.6) is 0 Å². The molecule has 0 bridgehead atoms. The van der Waals surface area contributed by atoms with Gasteiger partial charge in [0.1, 0.15) is 23.9 Å². The molecule has 2 rings (SSSR count). The number of rotatable bonds is 2. The Kier molecular flexibility index (Phi) is 2.92. The van der Waals surface area contributed by atoms with Gasteiger partial charge in [-0.3, -0.25) is 0 Å². The van der Waals surface area contributed by atoms with Crippen molar-refractivity contribution in [2.75, 3.05) is 7.11 Å². The lowest BCUT2D eigenvalue weighted by atomic mass is 9.93. The molecule has 0 aromatic heterocycles. The third kappa shape index (κ3) is 2.05. The van der Waals surface area contributed by atoms with Crippen molar-refractivity contribution in [2.24, 2.45) is 5.73 Å². The van der Waals surface area contributed by atoms with Crippen LogP contribution in [-0.4, -0.2) is 43.0 Å². The van der Waals surface area contributed by atoms with E-state index in [-0.39, 0.29) is 12.2 Å². The first-order valence-corrected chi connectivity index (χ1v) is 5.55. The molecule has 0 unspecified atom stereocenters. The largest absolute Gasteiger partial charge is 0.353 e. The van der Waals surface area contributed by atoms with Crippen molar-refractivity contribution in [3.8, 4) is 6.07 Å². The highest BCUT2D eigenvalue weighted by Gasteiger charge is 2.59. The fraction of sp³-hybridized carbons (Fsp3) is 0.909. The van der Waals surface area contributed by atoms with Gasteiger partial charge in [0.15, 0.2) is 12.1 Å². The zero-order chi connectivity index (χ0) is 12.8. The van der Waals surface area contributed by atoms with Crippen LogP contribution in [0.2, 0.25) is 0 Å². The van der Waals surface area contributed by atoms with E-state index in [0.717, 1.165) is 0 Å². The monoisotopic (exact) mass is 242 g/mol. The van der Waals surface area contributed by atoms with Gasteiger partial charge in [-0.05, 0) is 20.8 Å². The molecule has 2 heterocycles. The van der Waals surface area contributed by atoms with Gasteiger partial charge in [-0.1, -0.05) is 0 Å². The van der Waals surface area contributed by atoms with Gasteiger partial charge in [0, 0.05) is 7.11 Å². The Hall–Kier alpha value is -0.710. The molecule has 6 heteroatoms. The molecule has 5 atom stereocenters. The number of nitrogens with two attached hydrogens (primary N) is 1. The van der Waals surface area contributed by atoms with E-state index in [1.807, 2.05) is 19.9 Å². The Bertz CT molecular complexity index is 350. The van der Waals surface area contributed by atoms with Crippen molar-refractivity contribution < 1.29 is 18.9 Å². The number of fused-ring (bicyclic) bond motifs is 1.